The fourth-order valence-electron chi connectivity index (χ4n) is 2.76. The molecule has 24 heavy (non-hydrogen) atoms. The van der Waals surface area contributed by atoms with Crippen molar-refractivity contribution in [2.45, 2.75) is 26.8 Å². The van der Waals surface area contributed by atoms with Gasteiger partial charge in [0, 0.05) is 18.0 Å². The molecular formula is C17H16N2O5. The molecule has 0 bridgehead atoms. The van der Waals surface area contributed by atoms with Gasteiger partial charge in [-0.1, -0.05) is 19.1 Å². The third kappa shape index (κ3) is 2.47. The van der Waals surface area contributed by atoms with Crippen LogP contribution < -0.4 is 5.63 Å². The van der Waals surface area contributed by atoms with Crippen molar-refractivity contribution >= 4 is 28.8 Å². The van der Waals surface area contributed by atoms with E-state index in [0.29, 0.717) is 16.5 Å². The highest BCUT2D eigenvalue weighted by atomic mass is 16.4. The molecule has 2 heterocycles. The van der Waals surface area contributed by atoms with Crippen molar-refractivity contribution in [3.05, 3.63) is 45.8 Å². The van der Waals surface area contributed by atoms with Crippen LogP contribution in [-0.2, 0) is 22.6 Å². The van der Waals surface area contributed by atoms with Gasteiger partial charge in [-0.15, -0.1) is 0 Å². The van der Waals surface area contributed by atoms with E-state index in [1.54, 1.807) is 19.1 Å². The Labute approximate surface area is 137 Å². The van der Waals surface area contributed by atoms with Crippen LogP contribution in [0.3, 0.4) is 0 Å². The molecule has 1 aromatic carbocycles. The predicted molar refractivity (Wildman–Crippen MR) is 85.2 cm³/mol. The zero-order chi connectivity index (χ0) is 17.4. The normalized spacial score (nSPS) is 15.0. The maximum atomic E-state index is 12.2. The summed E-state index contributed by atoms with van der Waals surface area (Å²) < 4.78 is 5.21. The number of fused-ring (bicyclic) bond motifs is 1. The van der Waals surface area contributed by atoms with Crippen LogP contribution in [0.4, 0.5) is 4.79 Å². The molecule has 1 aliphatic rings. The number of hydrogen-bond acceptors (Lipinski definition) is 5. The van der Waals surface area contributed by atoms with E-state index in [1.807, 2.05) is 13.0 Å². The average Bonchev–Trinajstić information content (AvgIpc) is 2.77. The molecule has 0 aliphatic carbocycles. The largest absolute Gasteiger partial charge is 0.423 e. The van der Waals surface area contributed by atoms with Crippen molar-refractivity contribution in [1.82, 2.24) is 9.80 Å². The van der Waals surface area contributed by atoms with Gasteiger partial charge in [-0.25, -0.2) is 9.59 Å². The van der Waals surface area contributed by atoms with Gasteiger partial charge in [-0.05, 0) is 30.5 Å². The lowest BCUT2D eigenvalue weighted by atomic mass is 10.1. The first-order valence-corrected chi connectivity index (χ1v) is 7.69. The third-order valence-corrected chi connectivity index (χ3v) is 4.08. The molecule has 3 rings (SSSR count). The Morgan fingerprint density at radius 1 is 0.958 bits per heavy atom. The van der Waals surface area contributed by atoms with Gasteiger partial charge in [-0.3, -0.25) is 19.4 Å². The Bertz CT molecular complexity index is 915. The monoisotopic (exact) mass is 328 g/mol. The number of carbonyl (C=O) groups excluding carboxylic acids is 3. The summed E-state index contributed by atoms with van der Waals surface area (Å²) in [7, 11) is 0. The molecule has 7 heteroatoms. The van der Waals surface area contributed by atoms with E-state index in [9.17, 15) is 19.2 Å². The minimum atomic E-state index is -0.881. The number of likely N-dealkylation sites (N-methyl/N-ethyl adjacent to an activating group) is 1. The average molecular weight is 328 g/mol. The Kier molecular flexibility index (Phi) is 3.92. The molecule has 0 atom stereocenters. The van der Waals surface area contributed by atoms with Gasteiger partial charge in [0.05, 0.1) is 6.54 Å². The third-order valence-electron chi connectivity index (χ3n) is 4.08. The van der Waals surface area contributed by atoms with Gasteiger partial charge in [-0.2, -0.15) is 0 Å². The second-order valence-electron chi connectivity index (χ2n) is 5.50. The Morgan fingerprint density at radius 2 is 1.67 bits per heavy atom. The van der Waals surface area contributed by atoms with Crippen molar-refractivity contribution in [2.75, 3.05) is 6.54 Å². The van der Waals surface area contributed by atoms with Gasteiger partial charge in [0.2, 0.25) is 0 Å². The number of urea groups is 1. The highest BCUT2D eigenvalue weighted by Crippen LogP contribution is 2.22. The molecule has 2 aromatic rings. The predicted octanol–water partition coefficient (Wildman–Crippen LogP) is 1.67. The lowest BCUT2D eigenvalue weighted by Gasteiger charge is -2.15. The van der Waals surface area contributed by atoms with Crippen LogP contribution in [0, 0.1) is 0 Å². The fraction of sp³-hybridized carbons (Fsp3) is 0.294. The SMILES string of the molecule is CCc1ccc2c(CN3C(=O)C(=O)N(CC)C3=O)cc(=O)oc2c1. The van der Waals surface area contributed by atoms with E-state index >= 15 is 0 Å². The Hall–Kier alpha value is -2.96. The summed E-state index contributed by atoms with van der Waals surface area (Å²) in [5.41, 5.74) is 1.30. The summed E-state index contributed by atoms with van der Waals surface area (Å²) >= 11 is 0. The highest BCUT2D eigenvalue weighted by molar-refractivity contribution is 6.44. The van der Waals surface area contributed by atoms with Crippen molar-refractivity contribution in [3.63, 3.8) is 0 Å². The molecule has 4 amide bonds. The number of carbonyl (C=O) groups is 3. The molecule has 1 aromatic heterocycles. The first-order chi connectivity index (χ1) is 11.5. The fourth-order valence-corrected chi connectivity index (χ4v) is 2.76. The summed E-state index contributed by atoms with van der Waals surface area (Å²) in [6, 6.07) is 6.02. The Morgan fingerprint density at radius 3 is 2.29 bits per heavy atom. The van der Waals surface area contributed by atoms with Crippen LogP contribution in [-0.4, -0.2) is 34.2 Å². The molecule has 1 saturated heterocycles. The second-order valence-corrected chi connectivity index (χ2v) is 5.50. The van der Waals surface area contributed by atoms with E-state index in [2.05, 4.69) is 0 Å². The molecule has 1 aliphatic heterocycles. The summed E-state index contributed by atoms with van der Waals surface area (Å²) in [4.78, 5) is 49.5. The number of imide groups is 2. The van der Waals surface area contributed by atoms with Gasteiger partial charge in [0.15, 0.2) is 0 Å². The van der Waals surface area contributed by atoms with Crippen LogP contribution in [0.5, 0.6) is 0 Å². The maximum absolute atomic E-state index is 12.2. The number of benzene rings is 1. The molecule has 0 N–H and O–H groups in total. The van der Waals surface area contributed by atoms with Crippen LogP contribution in [0.25, 0.3) is 11.0 Å². The van der Waals surface area contributed by atoms with Crippen molar-refractivity contribution < 1.29 is 18.8 Å². The summed E-state index contributed by atoms with van der Waals surface area (Å²) in [6.07, 6.45) is 0.785. The van der Waals surface area contributed by atoms with Gasteiger partial charge >= 0.3 is 23.5 Å². The van der Waals surface area contributed by atoms with Crippen LogP contribution in [0.15, 0.2) is 33.5 Å². The van der Waals surface area contributed by atoms with Crippen molar-refractivity contribution in [2.24, 2.45) is 0 Å². The summed E-state index contributed by atoms with van der Waals surface area (Å²) in [5.74, 6) is -1.73. The maximum Gasteiger partial charge on any atom is 0.336 e. The van der Waals surface area contributed by atoms with Crippen molar-refractivity contribution in [1.29, 1.82) is 0 Å². The quantitative estimate of drug-likeness (QED) is 0.484. The van der Waals surface area contributed by atoms with E-state index in [4.69, 9.17) is 4.42 Å². The van der Waals surface area contributed by atoms with Crippen LogP contribution in [0.1, 0.15) is 25.0 Å². The molecule has 0 saturated carbocycles. The number of hydrogen-bond donors (Lipinski definition) is 0. The van der Waals surface area contributed by atoms with E-state index in [1.165, 1.54) is 6.07 Å². The van der Waals surface area contributed by atoms with Crippen LogP contribution >= 0.6 is 0 Å². The van der Waals surface area contributed by atoms with E-state index in [0.717, 1.165) is 21.8 Å². The van der Waals surface area contributed by atoms with Gasteiger partial charge in [0.25, 0.3) is 0 Å². The lowest BCUT2D eigenvalue weighted by Crippen LogP contribution is -2.33. The minimum absolute atomic E-state index is 0.122. The summed E-state index contributed by atoms with van der Waals surface area (Å²) in [6.45, 7) is 3.58. The van der Waals surface area contributed by atoms with Crippen molar-refractivity contribution in [3.8, 4) is 0 Å². The minimum Gasteiger partial charge on any atom is -0.423 e. The number of amides is 4. The molecule has 124 valence electrons. The van der Waals surface area contributed by atoms with E-state index < -0.39 is 23.5 Å². The Balaban J connectivity index is 2.04. The van der Waals surface area contributed by atoms with E-state index in [-0.39, 0.29) is 13.1 Å². The number of rotatable bonds is 4. The molecule has 1 fully saturated rings. The molecule has 7 nitrogen and oxygen atoms in total. The molecular weight excluding hydrogens is 312 g/mol. The van der Waals surface area contributed by atoms with Gasteiger partial charge in [0.1, 0.15) is 5.58 Å². The topological polar surface area (TPSA) is 87.9 Å². The number of nitrogens with zero attached hydrogens (tertiary/aromatic N) is 2. The first-order valence-electron chi connectivity index (χ1n) is 7.69. The zero-order valence-electron chi connectivity index (χ0n) is 13.4. The lowest BCUT2D eigenvalue weighted by molar-refractivity contribution is -0.143. The number of aryl methyl sites for hydroxylation is 1. The second kappa shape index (κ2) is 5.92. The molecule has 0 spiro atoms. The zero-order valence-corrected chi connectivity index (χ0v) is 13.4. The first kappa shape index (κ1) is 15.9. The standard InChI is InChI=1S/C17H16N2O5/c1-3-10-5-6-12-11(8-14(20)24-13(12)7-10)9-19-16(22)15(21)18(4-2)17(19)23/h5-8H,3-4,9H2,1-2H3. The summed E-state index contributed by atoms with van der Waals surface area (Å²) in [5, 5.41) is 0.634. The smallest absolute Gasteiger partial charge is 0.336 e. The van der Waals surface area contributed by atoms with Gasteiger partial charge < -0.3 is 4.42 Å². The van der Waals surface area contributed by atoms with Crippen LogP contribution in [0.2, 0.25) is 0 Å². The molecule has 0 radical (unpaired) electrons. The molecule has 0 unspecified atom stereocenters. The highest BCUT2D eigenvalue weighted by Gasteiger charge is 2.43.